The van der Waals surface area contributed by atoms with Gasteiger partial charge in [-0.25, -0.2) is 8.42 Å². The molecule has 1 amide bonds. The van der Waals surface area contributed by atoms with Crippen LogP contribution in [-0.4, -0.2) is 55.9 Å². The fourth-order valence-electron chi connectivity index (χ4n) is 3.67. The normalized spacial score (nSPS) is 21.3. The standard InChI is InChI=1S/C22H25N3O4S2/c1-14-4-5-16(10-15(14)2)23-21(26)11-25(17-6-8-18(29-3)9-7-17)22-24-19-12-31(27,28)13-20(19)30-22/h4-10,19-20H,11-13H2,1-3H3,(H,23,26)/t19-,20+/m0/s1. The maximum absolute atomic E-state index is 12.9. The van der Waals surface area contributed by atoms with Crippen LogP contribution in [0, 0.1) is 13.8 Å². The molecule has 0 radical (unpaired) electrons. The molecule has 31 heavy (non-hydrogen) atoms. The Morgan fingerprint density at radius 1 is 1.16 bits per heavy atom. The highest BCUT2D eigenvalue weighted by molar-refractivity contribution is 8.15. The van der Waals surface area contributed by atoms with Crippen molar-refractivity contribution in [1.29, 1.82) is 0 Å². The van der Waals surface area contributed by atoms with E-state index in [0.717, 1.165) is 22.5 Å². The lowest BCUT2D eigenvalue weighted by molar-refractivity contribution is -0.114. The molecule has 2 aromatic rings. The molecule has 0 saturated carbocycles. The van der Waals surface area contributed by atoms with E-state index in [4.69, 9.17) is 4.74 Å². The van der Waals surface area contributed by atoms with E-state index in [1.165, 1.54) is 11.8 Å². The van der Waals surface area contributed by atoms with Gasteiger partial charge in [-0.3, -0.25) is 9.79 Å². The van der Waals surface area contributed by atoms with Crippen molar-refractivity contribution in [2.75, 3.05) is 35.4 Å². The van der Waals surface area contributed by atoms with Crippen LogP contribution in [0.5, 0.6) is 5.75 Å². The number of fused-ring (bicyclic) bond motifs is 1. The number of methoxy groups -OCH3 is 1. The number of aliphatic imine (C=N–C) groups is 1. The number of nitrogens with zero attached hydrogens (tertiary/aromatic N) is 2. The number of ether oxygens (including phenoxy) is 1. The maximum Gasteiger partial charge on any atom is 0.244 e. The Bertz CT molecular complexity index is 1130. The first-order chi connectivity index (χ1) is 14.7. The largest absolute Gasteiger partial charge is 0.497 e. The number of hydrogen-bond acceptors (Lipinski definition) is 7. The predicted molar refractivity (Wildman–Crippen MR) is 126 cm³/mol. The summed E-state index contributed by atoms with van der Waals surface area (Å²) in [6.45, 7) is 4.10. The van der Waals surface area contributed by atoms with Crippen molar-refractivity contribution in [2.45, 2.75) is 25.1 Å². The molecule has 2 aliphatic heterocycles. The number of amides is 1. The Balaban J connectivity index is 1.56. The zero-order valence-corrected chi connectivity index (χ0v) is 19.3. The van der Waals surface area contributed by atoms with E-state index in [1.54, 1.807) is 7.11 Å². The molecule has 9 heteroatoms. The lowest BCUT2D eigenvalue weighted by atomic mass is 10.1. The topological polar surface area (TPSA) is 88.1 Å². The minimum Gasteiger partial charge on any atom is -0.497 e. The average Bonchev–Trinajstić information content (AvgIpc) is 3.22. The van der Waals surface area contributed by atoms with Gasteiger partial charge in [0, 0.05) is 16.6 Å². The van der Waals surface area contributed by atoms with Gasteiger partial charge in [-0.15, -0.1) is 0 Å². The Kier molecular flexibility index (Phi) is 5.98. The van der Waals surface area contributed by atoms with Gasteiger partial charge in [-0.05, 0) is 61.4 Å². The fourth-order valence-corrected chi connectivity index (χ4v) is 7.45. The number of thioether (sulfide) groups is 1. The second-order valence-electron chi connectivity index (χ2n) is 7.84. The van der Waals surface area contributed by atoms with Gasteiger partial charge in [-0.2, -0.15) is 0 Å². The van der Waals surface area contributed by atoms with Gasteiger partial charge >= 0.3 is 0 Å². The molecule has 0 unspecified atom stereocenters. The Hall–Kier alpha value is -2.52. The molecule has 1 saturated heterocycles. The number of hydrogen-bond donors (Lipinski definition) is 1. The second-order valence-corrected chi connectivity index (χ2v) is 11.2. The van der Waals surface area contributed by atoms with Crippen LogP contribution in [0.15, 0.2) is 47.5 Å². The van der Waals surface area contributed by atoms with Crippen molar-refractivity contribution < 1.29 is 17.9 Å². The predicted octanol–water partition coefficient (Wildman–Crippen LogP) is 3.03. The number of sulfone groups is 1. The molecule has 0 bridgehead atoms. The average molecular weight is 460 g/mol. The minimum absolute atomic E-state index is 0.0667. The van der Waals surface area contributed by atoms with Gasteiger partial charge in [-0.1, -0.05) is 17.8 Å². The smallest absolute Gasteiger partial charge is 0.244 e. The number of benzene rings is 2. The molecule has 7 nitrogen and oxygen atoms in total. The highest BCUT2D eigenvalue weighted by atomic mass is 32.2. The van der Waals surface area contributed by atoms with Crippen LogP contribution in [0.2, 0.25) is 0 Å². The van der Waals surface area contributed by atoms with Crippen LogP contribution in [0.1, 0.15) is 11.1 Å². The first-order valence-corrected chi connectivity index (χ1v) is 12.7. The summed E-state index contributed by atoms with van der Waals surface area (Å²) in [6, 6.07) is 13.0. The molecule has 2 heterocycles. The van der Waals surface area contributed by atoms with E-state index in [-0.39, 0.29) is 35.2 Å². The number of nitrogens with one attached hydrogen (secondary N) is 1. The van der Waals surface area contributed by atoms with Crippen molar-refractivity contribution >= 4 is 44.0 Å². The number of amidine groups is 1. The van der Waals surface area contributed by atoms with Crippen LogP contribution in [0.3, 0.4) is 0 Å². The van der Waals surface area contributed by atoms with Gasteiger partial charge in [0.05, 0.1) is 24.7 Å². The zero-order chi connectivity index (χ0) is 22.2. The SMILES string of the molecule is COc1ccc(N(CC(=O)Nc2ccc(C)c(C)c2)C2=N[C@H]3CS(=O)(=O)C[C@H]3S2)cc1. The van der Waals surface area contributed by atoms with Gasteiger partial charge in [0.2, 0.25) is 5.91 Å². The Morgan fingerprint density at radius 3 is 2.55 bits per heavy atom. The fraction of sp³-hybridized carbons (Fsp3) is 0.364. The number of rotatable bonds is 5. The molecule has 4 rings (SSSR count). The summed E-state index contributed by atoms with van der Waals surface area (Å²) in [7, 11) is -1.44. The molecule has 1 fully saturated rings. The summed E-state index contributed by atoms with van der Waals surface area (Å²) in [5.74, 6) is 0.736. The van der Waals surface area contributed by atoms with Crippen LogP contribution in [0.4, 0.5) is 11.4 Å². The minimum atomic E-state index is -3.04. The highest BCUT2D eigenvalue weighted by Crippen LogP contribution is 2.37. The summed E-state index contributed by atoms with van der Waals surface area (Å²) in [6.07, 6.45) is 0. The van der Waals surface area contributed by atoms with Gasteiger partial charge in [0.15, 0.2) is 15.0 Å². The second kappa shape index (κ2) is 8.55. The third-order valence-electron chi connectivity index (χ3n) is 5.51. The highest BCUT2D eigenvalue weighted by Gasteiger charge is 2.44. The molecule has 164 valence electrons. The summed E-state index contributed by atoms with van der Waals surface area (Å²) < 4.78 is 29.1. The third kappa shape index (κ3) is 4.88. The molecule has 0 aliphatic carbocycles. The van der Waals surface area contributed by atoms with E-state index in [1.807, 2.05) is 61.2 Å². The first-order valence-electron chi connectivity index (χ1n) is 9.98. The van der Waals surface area contributed by atoms with Crippen LogP contribution < -0.4 is 15.0 Å². The number of carbonyl (C=O) groups excluding carboxylic acids is 1. The van der Waals surface area contributed by atoms with E-state index < -0.39 is 9.84 Å². The Labute approximate surface area is 186 Å². The molecule has 2 aliphatic rings. The zero-order valence-electron chi connectivity index (χ0n) is 17.7. The van der Waals surface area contributed by atoms with E-state index >= 15 is 0 Å². The maximum atomic E-state index is 12.9. The van der Waals surface area contributed by atoms with E-state index in [0.29, 0.717) is 10.9 Å². The monoisotopic (exact) mass is 459 g/mol. The van der Waals surface area contributed by atoms with Gasteiger partial charge in [0.25, 0.3) is 0 Å². The molecular formula is C22H25N3O4S2. The molecule has 2 aromatic carbocycles. The molecular weight excluding hydrogens is 434 g/mol. The van der Waals surface area contributed by atoms with Crippen molar-refractivity contribution in [2.24, 2.45) is 4.99 Å². The lowest BCUT2D eigenvalue weighted by Crippen LogP contribution is -2.36. The van der Waals surface area contributed by atoms with Gasteiger partial charge in [0.1, 0.15) is 12.3 Å². The summed E-state index contributed by atoms with van der Waals surface area (Å²) in [5, 5.41) is 3.53. The molecule has 0 spiro atoms. The van der Waals surface area contributed by atoms with Crippen LogP contribution >= 0.6 is 11.8 Å². The third-order valence-corrected chi connectivity index (χ3v) is 8.76. The van der Waals surface area contributed by atoms with E-state index in [9.17, 15) is 13.2 Å². The van der Waals surface area contributed by atoms with Crippen LogP contribution in [-0.2, 0) is 14.6 Å². The molecule has 2 atom stereocenters. The molecule has 1 N–H and O–H groups in total. The quantitative estimate of drug-likeness (QED) is 0.740. The van der Waals surface area contributed by atoms with Crippen molar-refractivity contribution in [3.8, 4) is 5.75 Å². The first kappa shape index (κ1) is 21.7. The summed E-state index contributed by atoms with van der Waals surface area (Å²) >= 11 is 1.43. The summed E-state index contributed by atoms with van der Waals surface area (Å²) in [4.78, 5) is 19.4. The Morgan fingerprint density at radius 2 is 1.90 bits per heavy atom. The number of aryl methyl sites for hydroxylation is 2. The van der Waals surface area contributed by atoms with E-state index in [2.05, 4.69) is 10.3 Å². The number of anilines is 2. The number of carbonyl (C=O) groups is 1. The van der Waals surface area contributed by atoms with Crippen molar-refractivity contribution in [1.82, 2.24) is 0 Å². The van der Waals surface area contributed by atoms with Crippen molar-refractivity contribution in [3.05, 3.63) is 53.6 Å². The molecule has 0 aromatic heterocycles. The summed E-state index contributed by atoms with van der Waals surface area (Å²) in [5.41, 5.74) is 3.81. The van der Waals surface area contributed by atoms with Crippen LogP contribution in [0.25, 0.3) is 0 Å². The van der Waals surface area contributed by atoms with Crippen molar-refractivity contribution in [3.63, 3.8) is 0 Å². The van der Waals surface area contributed by atoms with Gasteiger partial charge < -0.3 is 15.0 Å². The lowest BCUT2D eigenvalue weighted by Gasteiger charge is -2.24.